The van der Waals surface area contributed by atoms with Crippen LogP contribution in [0, 0.1) is 0 Å². The predicted molar refractivity (Wildman–Crippen MR) is 117 cm³/mol. The summed E-state index contributed by atoms with van der Waals surface area (Å²) in [4.78, 5) is 1.98. The molecule has 0 aromatic heterocycles. The van der Waals surface area contributed by atoms with Crippen LogP contribution in [-0.2, 0) is 11.6 Å². The van der Waals surface area contributed by atoms with Crippen molar-refractivity contribution in [3.63, 3.8) is 0 Å². The molecule has 0 aliphatic carbocycles. The molecule has 3 nitrogen and oxygen atoms in total. The van der Waals surface area contributed by atoms with Crippen molar-refractivity contribution >= 4 is 0 Å². The highest BCUT2D eigenvalue weighted by atomic mass is 19.4. The Kier molecular flexibility index (Phi) is 6.84. The molecule has 1 heterocycles. The molecule has 1 aliphatic heterocycles. The zero-order valence-corrected chi connectivity index (χ0v) is 18.5. The number of benzene rings is 2. The molecule has 0 radical (unpaired) electrons. The minimum atomic E-state index is -4.39. The highest BCUT2D eigenvalue weighted by Crippen LogP contribution is 2.39. The molecule has 2 aromatic carbocycles. The van der Waals surface area contributed by atoms with Crippen LogP contribution in [0.1, 0.15) is 58.1 Å². The molecule has 3 rings (SSSR count). The fraction of sp³-hybridized carbons (Fsp3) is 0.520. The van der Waals surface area contributed by atoms with Gasteiger partial charge in [0.1, 0.15) is 12.3 Å². The van der Waals surface area contributed by atoms with Crippen molar-refractivity contribution < 1.29 is 23.4 Å². The number of aliphatic hydroxyl groups is 2. The number of halogens is 3. The molecular weight excluding hydrogens is 403 g/mol. The van der Waals surface area contributed by atoms with E-state index in [0.717, 1.165) is 42.5 Å². The molecule has 4 atom stereocenters. The highest BCUT2D eigenvalue weighted by molar-refractivity contribution is 5.69. The van der Waals surface area contributed by atoms with Gasteiger partial charge in [0.25, 0.3) is 0 Å². The fourth-order valence-corrected chi connectivity index (χ4v) is 4.79. The lowest BCUT2D eigenvalue weighted by Crippen LogP contribution is -2.58. The van der Waals surface area contributed by atoms with Crippen molar-refractivity contribution in [3.05, 3.63) is 59.7 Å². The number of hydrogen-bond acceptors (Lipinski definition) is 3. The second kappa shape index (κ2) is 8.93. The van der Waals surface area contributed by atoms with Crippen molar-refractivity contribution in [1.82, 2.24) is 4.90 Å². The van der Waals surface area contributed by atoms with Gasteiger partial charge in [-0.2, -0.15) is 13.2 Å². The Morgan fingerprint density at radius 2 is 1.45 bits per heavy atom. The Hall–Kier alpha value is -1.89. The summed E-state index contributed by atoms with van der Waals surface area (Å²) < 4.78 is 38.9. The van der Waals surface area contributed by atoms with E-state index in [1.165, 1.54) is 12.1 Å². The molecule has 1 fully saturated rings. The van der Waals surface area contributed by atoms with Gasteiger partial charge in [-0.05, 0) is 55.5 Å². The van der Waals surface area contributed by atoms with Crippen LogP contribution in [-0.4, -0.2) is 39.5 Å². The van der Waals surface area contributed by atoms with Gasteiger partial charge in [-0.1, -0.05) is 56.7 Å². The second-order valence-electron chi connectivity index (χ2n) is 9.28. The molecule has 1 saturated heterocycles. The Labute approximate surface area is 182 Å². The van der Waals surface area contributed by atoms with E-state index in [-0.39, 0.29) is 12.1 Å². The van der Waals surface area contributed by atoms with Gasteiger partial charge in [0.15, 0.2) is 0 Å². The molecule has 0 saturated carbocycles. The molecule has 0 spiro atoms. The van der Waals surface area contributed by atoms with Crippen LogP contribution in [0.15, 0.2) is 48.5 Å². The first kappa shape index (κ1) is 23.8. The Bertz CT molecular complexity index is 869. The van der Waals surface area contributed by atoms with Gasteiger partial charge >= 0.3 is 6.18 Å². The number of piperidine rings is 1. The lowest BCUT2D eigenvalue weighted by molar-refractivity contribution is -0.143. The van der Waals surface area contributed by atoms with Crippen molar-refractivity contribution in [2.75, 3.05) is 0 Å². The van der Waals surface area contributed by atoms with Crippen LogP contribution in [0.2, 0.25) is 0 Å². The van der Waals surface area contributed by atoms with Gasteiger partial charge in [-0.15, -0.1) is 0 Å². The molecule has 0 bridgehead atoms. The van der Waals surface area contributed by atoms with Crippen LogP contribution in [0.3, 0.4) is 0 Å². The molecule has 31 heavy (non-hydrogen) atoms. The first-order chi connectivity index (χ1) is 14.4. The summed E-state index contributed by atoms with van der Waals surface area (Å²) in [5.41, 5.74) is 0.621. The summed E-state index contributed by atoms with van der Waals surface area (Å²) in [6.45, 7) is 7.86. The minimum absolute atomic E-state index is 0.161. The van der Waals surface area contributed by atoms with E-state index >= 15 is 0 Å². The second-order valence-corrected chi connectivity index (χ2v) is 9.28. The maximum absolute atomic E-state index is 13.0. The molecular formula is C25H32F3NO2. The normalized spacial score (nSPS) is 22.9. The van der Waals surface area contributed by atoms with Gasteiger partial charge < -0.3 is 10.2 Å². The summed E-state index contributed by atoms with van der Waals surface area (Å²) in [6.07, 6.45) is -3.47. The predicted octanol–water partition coefficient (Wildman–Crippen LogP) is 5.59. The number of aliphatic hydroxyl groups excluding tert-OH is 2. The van der Waals surface area contributed by atoms with Gasteiger partial charge in [-0.3, -0.25) is 4.90 Å². The average molecular weight is 436 g/mol. The summed E-state index contributed by atoms with van der Waals surface area (Å²) in [5.74, 6) is 0. The Morgan fingerprint density at radius 1 is 0.903 bits per heavy atom. The molecule has 1 aliphatic rings. The maximum atomic E-state index is 13.0. The first-order valence-electron chi connectivity index (χ1n) is 10.8. The topological polar surface area (TPSA) is 43.7 Å². The van der Waals surface area contributed by atoms with Gasteiger partial charge in [0.05, 0.1) is 5.56 Å². The zero-order valence-electron chi connectivity index (χ0n) is 18.5. The molecule has 4 unspecified atom stereocenters. The van der Waals surface area contributed by atoms with E-state index in [2.05, 4.69) is 13.8 Å². The number of nitrogens with zero attached hydrogens (tertiary/aromatic N) is 1. The highest BCUT2D eigenvalue weighted by Gasteiger charge is 2.42. The number of hydrogen-bond donors (Lipinski definition) is 2. The average Bonchev–Trinajstić information content (AvgIpc) is 2.72. The largest absolute Gasteiger partial charge is 0.416 e. The maximum Gasteiger partial charge on any atom is 0.416 e. The summed E-state index contributed by atoms with van der Waals surface area (Å²) >= 11 is 0. The monoisotopic (exact) mass is 435 g/mol. The smallest absolute Gasteiger partial charge is 0.388 e. The van der Waals surface area contributed by atoms with E-state index in [9.17, 15) is 23.4 Å². The van der Waals surface area contributed by atoms with Crippen LogP contribution in [0.4, 0.5) is 13.2 Å². The summed E-state index contributed by atoms with van der Waals surface area (Å²) in [5, 5.41) is 22.4. The third kappa shape index (κ3) is 4.81. The Balaban J connectivity index is 1.94. The van der Waals surface area contributed by atoms with Crippen LogP contribution < -0.4 is 0 Å². The quantitative estimate of drug-likeness (QED) is 0.643. The van der Waals surface area contributed by atoms with Crippen molar-refractivity contribution in [3.8, 4) is 11.1 Å². The number of rotatable bonds is 5. The van der Waals surface area contributed by atoms with Crippen LogP contribution in [0.25, 0.3) is 11.1 Å². The lowest BCUT2D eigenvalue weighted by Gasteiger charge is -2.46. The van der Waals surface area contributed by atoms with Gasteiger partial charge in [0, 0.05) is 17.5 Å². The summed E-state index contributed by atoms with van der Waals surface area (Å²) in [7, 11) is 0. The SMILES string of the molecule is CC1CCCC(C)N1C(O)C(O)C(C)(C)c1ccccc1-c1ccc(C(F)(F)F)cc1. The molecule has 0 amide bonds. The molecule has 6 heteroatoms. The van der Waals surface area contributed by atoms with Crippen molar-refractivity contribution in [1.29, 1.82) is 0 Å². The third-order valence-electron chi connectivity index (χ3n) is 6.73. The van der Waals surface area contributed by atoms with E-state index in [0.29, 0.717) is 5.56 Å². The van der Waals surface area contributed by atoms with Crippen molar-refractivity contribution in [2.24, 2.45) is 0 Å². The number of alkyl halides is 3. The van der Waals surface area contributed by atoms with E-state index in [4.69, 9.17) is 0 Å². The standard InChI is InChI=1S/C25H32F3NO2/c1-16-8-7-9-17(2)29(16)23(31)22(30)24(3,4)21-11-6-5-10-20(21)18-12-14-19(15-13-18)25(26,27)28/h5-6,10-17,22-23,30-31H,7-9H2,1-4H3. The molecule has 2 aromatic rings. The van der Waals surface area contributed by atoms with Crippen LogP contribution in [0.5, 0.6) is 0 Å². The first-order valence-corrected chi connectivity index (χ1v) is 10.8. The third-order valence-corrected chi connectivity index (χ3v) is 6.73. The molecule has 2 N–H and O–H groups in total. The Morgan fingerprint density at radius 3 is 2.00 bits per heavy atom. The zero-order chi connectivity index (χ0) is 23.0. The lowest BCUT2D eigenvalue weighted by atomic mass is 9.74. The fourth-order valence-electron chi connectivity index (χ4n) is 4.79. The summed E-state index contributed by atoms with van der Waals surface area (Å²) in [6, 6.07) is 12.7. The van der Waals surface area contributed by atoms with E-state index < -0.39 is 29.5 Å². The molecule has 170 valence electrons. The van der Waals surface area contributed by atoms with E-state index in [1.54, 1.807) is 0 Å². The minimum Gasteiger partial charge on any atom is -0.388 e. The van der Waals surface area contributed by atoms with Gasteiger partial charge in [-0.25, -0.2) is 0 Å². The van der Waals surface area contributed by atoms with Crippen molar-refractivity contribution in [2.45, 2.75) is 83.0 Å². The van der Waals surface area contributed by atoms with Crippen LogP contribution >= 0.6 is 0 Å². The van der Waals surface area contributed by atoms with E-state index in [1.807, 2.05) is 43.0 Å². The number of likely N-dealkylation sites (tertiary alicyclic amines) is 1. The van der Waals surface area contributed by atoms with Gasteiger partial charge in [0.2, 0.25) is 0 Å².